The second-order valence-electron chi connectivity index (χ2n) is 5.01. The van der Waals surface area contributed by atoms with Crippen molar-refractivity contribution in [2.75, 3.05) is 0 Å². The summed E-state index contributed by atoms with van der Waals surface area (Å²) in [5, 5.41) is 12.0. The largest absolute Gasteiger partial charge is 0.311 e. The molecule has 1 fully saturated rings. The van der Waals surface area contributed by atoms with Crippen LogP contribution in [0.4, 0.5) is 0 Å². The quantitative estimate of drug-likeness (QED) is 0.735. The zero-order valence-corrected chi connectivity index (χ0v) is 15.4. The van der Waals surface area contributed by atoms with Crippen molar-refractivity contribution in [2.24, 2.45) is 0 Å². The van der Waals surface area contributed by atoms with E-state index >= 15 is 0 Å². The van der Waals surface area contributed by atoms with Gasteiger partial charge in [-0.15, -0.1) is 45.5 Å². The number of nitrogens with zero attached hydrogens (tertiary/aromatic N) is 3. The molecule has 0 aromatic carbocycles. The summed E-state index contributed by atoms with van der Waals surface area (Å²) in [5.41, 5.74) is 0. The summed E-state index contributed by atoms with van der Waals surface area (Å²) in [6.07, 6.45) is 2.50. The van der Waals surface area contributed by atoms with Gasteiger partial charge in [0.2, 0.25) is 0 Å². The van der Waals surface area contributed by atoms with Gasteiger partial charge in [0.05, 0.1) is 10.9 Å². The molecule has 1 aliphatic rings. The van der Waals surface area contributed by atoms with Crippen LogP contribution >= 0.6 is 46.9 Å². The topological polar surface area (TPSA) is 42.7 Å². The summed E-state index contributed by atoms with van der Waals surface area (Å²) in [6, 6.07) is 4.92. The molecule has 0 amide bonds. The molecule has 1 aliphatic carbocycles. The maximum absolute atomic E-state index is 5.96. The lowest BCUT2D eigenvalue weighted by Gasteiger charge is -2.12. The Morgan fingerprint density at radius 3 is 2.80 bits per heavy atom. The molecule has 4 nitrogen and oxygen atoms in total. The predicted molar refractivity (Wildman–Crippen MR) is 93.0 cm³/mol. The third-order valence-corrected chi connectivity index (χ3v) is 4.85. The Kier molecular flexibility index (Phi) is 5.44. The Morgan fingerprint density at radius 2 is 2.20 bits per heavy atom. The third-order valence-electron chi connectivity index (χ3n) is 3.44. The second-order valence-corrected chi connectivity index (χ2v) is 6.76. The SMILES string of the molecule is Cc1nnc(CNC(C)c2ccc(Cl)s2)n1C1CC1.I. The zero-order valence-electron chi connectivity index (χ0n) is 11.5. The van der Waals surface area contributed by atoms with E-state index in [0.29, 0.717) is 6.04 Å². The van der Waals surface area contributed by atoms with Gasteiger partial charge in [-0.3, -0.25) is 0 Å². The highest BCUT2D eigenvalue weighted by Gasteiger charge is 2.28. The van der Waals surface area contributed by atoms with Gasteiger partial charge >= 0.3 is 0 Å². The Hall–Kier alpha value is -0.180. The van der Waals surface area contributed by atoms with Crippen molar-refractivity contribution in [3.8, 4) is 0 Å². The summed E-state index contributed by atoms with van der Waals surface area (Å²) in [6.45, 7) is 4.91. The number of hydrogen-bond donors (Lipinski definition) is 1. The zero-order chi connectivity index (χ0) is 13.4. The number of hydrogen-bond acceptors (Lipinski definition) is 4. The molecule has 7 heteroatoms. The lowest BCUT2D eigenvalue weighted by molar-refractivity contribution is 0.540. The van der Waals surface area contributed by atoms with Crippen LogP contribution in [0, 0.1) is 6.92 Å². The summed E-state index contributed by atoms with van der Waals surface area (Å²) in [4.78, 5) is 1.25. The number of halogens is 2. The Labute approximate surface area is 145 Å². The van der Waals surface area contributed by atoms with Crippen molar-refractivity contribution < 1.29 is 0 Å². The summed E-state index contributed by atoms with van der Waals surface area (Å²) in [5.74, 6) is 2.06. The van der Waals surface area contributed by atoms with Crippen molar-refractivity contribution >= 4 is 46.9 Å². The molecule has 1 N–H and O–H groups in total. The molecule has 0 spiro atoms. The van der Waals surface area contributed by atoms with E-state index in [0.717, 1.165) is 22.5 Å². The number of aryl methyl sites for hydroxylation is 1. The molecule has 110 valence electrons. The summed E-state index contributed by atoms with van der Waals surface area (Å²) < 4.78 is 3.10. The Bertz CT molecular complexity index is 579. The fourth-order valence-electron chi connectivity index (χ4n) is 2.25. The molecule has 1 atom stereocenters. The van der Waals surface area contributed by atoms with Crippen LogP contribution in [0.5, 0.6) is 0 Å². The molecule has 20 heavy (non-hydrogen) atoms. The van der Waals surface area contributed by atoms with E-state index < -0.39 is 0 Å². The van der Waals surface area contributed by atoms with Crippen LogP contribution in [0.2, 0.25) is 4.34 Å². The molecular formula is C13H18ClIN4S. The molecule has 1 unspecified atom stereocenters. The van der Waals surface area contributed by atoms with Crippen molar-refractivity contribution in [1.29, 1.82) is 0 Å². The smallest absolute Gasteiger partial charge is 0.147 e. The highest BCUT2D eigenvalue weighted by Crippen LogP contribution is 2.36. The van der Waals surface area contributed by atoms with Crippen LogP contribution in [0.25, 0.3) is 0 Å². The van der Waals surface area contributed by atoms with E-state index in [1.165, 1.54) is 17.7 Å². The first kappa shape index (κ1) is 16.2. The molecule has 0 saturated heterocycles. The van der Waals surface area contributed by atoms with Gasteiger partial charge in [-0.05, 0) is 38.8 Å². The molecule has 2 aromatic rings. The minimum Gasteiger partial charge on any atom is -0.311 e. The first-order valence-corrected chi connectivity index (χ1v) is 7.73. The number of thiophene rings is 1. The molecule has 0 aliphatic heterocycles. The normalized spacial score (nSPS) is 15.9. The molecule has 1 saturated carbocycles. The van der Waals surface area contributed by atoms with Gasteiger partial charge in [-0.1, -0.05) is 11.6 Å². The van der Waals surface area contributed by atoms with Crippen molar-refractivity contribution in [1.82, 2.24) is 20.1 Å². The first-order valence-electron chi connectivity index (χ1n) is 6.54. The van der Waals surface area contributed by atoms with Crippen molar-refractivity contribution in [2.45, 2.75) is 45.3 Å². The third kappa shape index (κ3) is 3.52. The average molecular weight is 425 g/mol. The Morgan fingerprint density at radius 1 is 1.45 bits per heavy atom. The van der Waals surface area contributed by atoms with E-state index in [-0.39, 0.29) is 30.0 Å². The molecule has 3 rings (SSSR count). The van der Waals surface area contributed by atoms with Crippen molar-refractivity contribution in [3.63, 3.8) is 0 Å². The van der Waals surface area contributed by atoms with Gasteiger partial charge in [0, 0.05) is 17.0 Å². The van der Waals surface area contributed by atoms with Gasteiger partial charge in [0.1, 0.15) is 11.6 Å². The van der Waals surface area contributed by atoms with Crippen LogP contribution in [-0.4, -0.2) is 14.8 Å². The molecule has 0 bridgehead atoms. The summed E-state index contributed by atoms with van der Waals surface area (Å²) >= 11 is 7.58. The fourth-order valence-corrected chi connectivity index (χ4v) is 3.34. The van der Waals surface area contributed by atoms with Crippen LogP contribution in [0.15, 0.2) is 12.1 Å². The lowest BCUT2D eigenvalue weighted by Crippen LogP contribution is -2.20. The average Bonchev–Trinajstić information content (AvgIpc) is 3.02. The van der Waals surface area contributed by atoms with E-state index in [4.69, 9.17) is 11.6 Å². The second kappa shape index (κ2) is 6.72. The minimum absolute atomic E-state index is 0. The fraction of sp³-hybridized carbons (Fsp3) is 0.538. The van der Waals surface area contributed by atoms with Crippen LogP contribution in [0.1, 0.15) is 48.4 Å². The van der Waals surface area contributed by atoms with Gasteiger partial charge < -0.3 is 9.88 Å². The van der Waals surface area contributed by atoms with E-state index in [1.807, 2.05) is 13.0 Å². The number of nitrogens with one attached hydrogen (secondary N) is 1. The monoisotopic (exact) mass is 424 g/mol. The molecule has 0 radical (unpaired) electrons. The Balaban J connectivity index is 0.00000147. The van der Waals surface area contributed by atoms with E-state index in [1.54, 1.807) is 11.3 Å². The number of rotatable bonds is 5. The predicted octanol–water partition coefficient (Wildman–Crippen LogP) is 4.11. The van der Waals surface area contributed by atoms with Gasteiger partial charge in [0.25, 0.3) is 0 Å². The van der Waals surface area contributed by atoms with Crippen LogP contribution in [0.3, 0.4) is 0 Å². The number of aromatic nitrogens is 3. The molecular weight excluding hydrogens is 407 g/mol. The highest BCUT2D eigenvalue weighted by atomic mass is 127. The molecule has 2 aromatic heterocycles. The maximum atomic E-state index is 5.96. The maximum Gasteiger partial charge on any atom is 0.147 e. The van der Waals surface area contributed by atoms with Crippen LogP contribution in [-0.2, 0) is 6.54 Å². The molecule has 2 heterocycles. The first-order chi connectivity index (χ1) is 9.15. The standard InChI is InChI=1S/C13H17ClN4S.HI/c1-8(11-5-6-12(14)19-11)15-7-13-17-16-9(2)18(13)10-3-4-10;/h5-6,8,10,15H,3-4,7H2,1-2H3;1H. The minimum atomic E-state index is 0. The lowest BCUT2D eigenvalue weighted by atomic mass is 10.3. The van der Waals surface area contributed by atoms with E-state index in [2.05, 4.69) is 33.1 Å². The van der Waals surface area contributed by atoms with Crippen molar-refractivity contribution in [3.05, 3.63) is 33.0 Å². The highest BCUT2D eigenvalue weighted by molar-refractivity contribution is 14.0. The van der Waals surface area contributed by atoms with Gasteiger partial charge in [-0.25, -0.2) is 0 Å². The summed E-state index contributed by atoms with van der Waals surface area (Å²) in [7, 11) is 0. The van der Waals surface area contributed by atoms with Gasteiger partial charge in [-0.2, -0.15) is 0 Å². The van der Waals surface area contributed by atoms with E-state index in [9.17, 15) is 0 Å². The van der Waals surface area contributed by atoms with Gasteiger partial charge in [0.15, 0.2) is 0 Å². The van der Waals surface area contributed by atoms with Crippen LogP contribution < -0.4 is 5.32 Å².